The number of hydrogen-bond donors (Lipinski definition) is 2. The van der Waals surface area contributed by atoms with E-state index in [0.29, 0.717) is 18.4 Å². The Balaban J connectivity index is 1.58. The third-order valence-electron chi connectivity index (χ3n) is 5.19. The van der Waals surface area contributed by atoms with Gasteiger partial charge in [0, 0.05) is 30.7 Å². The van der Waals surface area contributed by atoms with Crippen molar-refractivity contribution in [2.75, 3.05) is 6.61 Å². The molecular formula is C19H21N5O4. The number of aryl methyl sites for hydroxylation is 1. The quantitative estimate of drug-likeness (QED) is 0.549. The maximum atomic E-state index is 12.9. The lowest BCUT2D eigenvalue weighted by atomic mass is 10.0. The lowest BCUT2D eigenvalue weighted by Crippen LogP contribution is -2.52. The summed E-state index contributed by atoms with van der Waals surface area (Å²) < 4.78 is 1.65. The molecule has 4 rings (SSSR count). The summed E-state index contributed by atoms with van der Waals surface area (Å²) in [5.74, 6) is -0.942. The van der Waals surface area contributed by atoms with Crippen LogP contribution >= 0.6 is 0 Å². The van der Waals surface area contributed by atoms with E-state index in [9.17, 15) is 14.4 Å². The summed E-state index contributed by atoms with van der Waals surface area (Å²) in [6, 6.07) is 4.75. The first-order valence-electron chi connectivity index (χ1n) is 9.37. The number of piperidine rings is 1. The molecule has 0 saturated carbocycles. The summed E-state index contributed by atoms with van der Waals surface area (Å²) in [5.41, 5.74) is 2.91. The Morgan fingerprint density at radius 1 is 1.21 bits per heavy atom. The monoisotopic (exact) mass is 383 g/mol. The number of imide groups is 1. The first-order valence-corrected chi connectivity index (χ1v) is 9.37. The Labute approximate surface area is 161 Å². The average Bonchev–Trinajstić information content (AvgIpc) is 3.27. The van der Waals surface area contributed by atoms with E-state index in [1.165, 1.54) is 4.90 Å². The molecule has 1 saturated heterocycles. The number of aliphatic hydroxyl groups excluding tert-OH is 1. The molecule has 1 aromatic heterocycles. The molecule has 3 heterocycles. The third kappa shape index (κ3) is 3.29. The van der Waals surface area contributed by atoms with E-state index in [0.717, 1.165) is 29.8 Å². The summed E-state index contributed by atoms with van der Waals surface area (Å²) in [6.45, 7) is 0.439. The summed E-state index contributed by atoms with van der Waals surface area (Å²) in [7, 11) is 0. The van der Waals surface area contributed by atoms with Crippen molar-refractivity contribution in [3.8, 4) is 5.69 Å². The van der Waals surface area contributed by atoms with Gasteiger partial charge in [-0.25, -0.2) is 4.68 Å². The van der Waals surface area contributed by atoms with E-state index in [1.54, 1.807) is 16.8 Å². The molecule has 146 valence electrons. The minimum atomic E-state index is -0.643. The van der Waals surface area contributed by atoms with Crippen LogP contribution in [-0.4, -0.2) is 55.4 Å². The number of rotatable bonds is 6. The van der Waals surface area contributed by atoms with Crippen LogP contribution in [0.2, 0.25) is 0 Å². The van der Waals surface area contributed by atoms with E-state index < -0.39 is 11.9 Å². The fraction of sp³-hybridized carbons (Fsp3) is 0.421. The maximum Gasteiger partial charge on any atom is 0.255 e. The van der Waals surface area contributed by atoms with Crippen molar-refractivity contribution in [1.82, 2.24) is 25.2 Å². The smallest absolute Gasteiger partial charge is 0.255 e. The molecule has 9 nitrogen and oxygen atoms in total. The zero-order chi connectivity index (χ0) is 19.7. The Morgan fingerprint density at radius 3 is 2.86 bits per heavy atom. The Morgan fingerprint density at radius 2 is 2.07 bits per heavy atom. The van der Waals surface area contributed by atoms with E-state index in [-0.39, 0.29) is 31.4 Å². The molecule has 0 bridgehead atoms. The van der Waals surface area contributed by atoms with Crippen molar-refractivity contribution in [3.63, 3.8) is 0 Å². The lowest BCUT2D eigenvalue weighted by Gasteiger charge is -2.29. The maximum absolute atomic E-state index is 12.9. The number of fused-ring (bicyclic) bond motifs is 1. The minimum Gasteiger partial charge on any atom is -0.396 e. The highest BCUT2D eigenvalue weighted by Gasteiger charge is 2.40. The van der Waals surface area contributed by atoms with Crippen LogP contribution < -0.4 is 5.32 Å². The van der Waals surface area contributed by atoms with Crippen LogP contribution in [-0.2, 0) is 22.6 Å². The minimum absolute atomic E-state index is 0.151. The van der Waals surface area contributed by atoms with Gasteiger partial charge in [-0.15, -0.1) is 5.10 Å². The van der Waals surface area contributed by atoms with Gasteiger partial charge in [0.2, 0.25) is 11.8 Å². The van der Waals surface area contributed by atoms with Crippen LogP contribution in [0.4, 0.5) is 0 Å². The Bertz CT molecular complexity index is 938. The molecule has 1 fully saturated rings. The number of aliphatic hydroxyl groups is 1. The van der Waals surface area contributed by atoms with Gasteiger partial charge >= 0.3 is 0 Å². The van der Waals surface area contributed by atoms with E-state index >= 15 is 0 Å². The van der Waals surface area contributed by atoms with Gasteiger partial charge in [0.15, 0.2) is 0 Å². The molecule has 1 atom stereocenters. The largest absolute Gasteiger partial charge is 0.396 e. The second kappa shape index (κ2) is 7.51. The normalized spacial score (nSPS) is 19.1. The van der Waals surface area contributed by atoms with E-state index in [2.05, 4.69) is 15.6 Å². The van der Waals surface area contributed by atoms with E-state index in [1.807, 2.05) is 12.3 Å². The molecular weight excluding hydrogens is 362 g/mol. The van der Waals surface area contributed by atoms with Crippen LogP contribution in [0.25, 0.3) is 5.69 Å². The first-order chi connectivity index (χ1) is 13.6. The Kier molecular flexibility index (Phi) is 4.91. The zero-order valence-electron chi connectivity index (χ0n) is 15.3. The van der Waals surface area contributed by atoms with Crippen LogP contribution in [0.3, 0.4) is 0 Å². The molecule has 9 heteroatoms. The zero-order valence-corrected chi connectivity index (χ0v) is 15.3. The molecule has 28 heavy (non-hydrogen) atoms. The number of benzene rings is 1. The van der Waals surface area contributed by atoms with Gasteiger partial charge in [-0.3, -0.25) is 19.7 Å². The predicted molar refractivity (Wildman–Crippen MR) is 97.4 cm³/mol. The summed E-state index contributed by atoms with van der Waals surface area (Å²) in [5, 5.41) is 19.6. The molecule has 0 aliphatic carbocycles. The van der Waals surface area contributed by atoms with Crippen molar-refractivity contribution in [2.45, 2.75) is 44.7 Å². The number of carbonyl (C=O) groups excluding carboxylic acids is 3. The molecule has 0 radical (unpaired) electrons. The first kappa shape index (κ1) is 18.3. The van der Waals surface area contributed by atoms with Gasteiger partial charge in [-0.05, 0) is 37.8 Å². The van der Waals surface area contributed by atoms with Crippen LogP contribution in [0.1, 0.15) is 47.3 Å². The second-order valence-electron chi connectivity index (χ2n) is 7.04. The summed E-state index contributed by atoms with van der Waals surface area (Å²) in [6.07, 6.45) is 4.64. The predicted octanol–water partition coefficient (Wildman–Crippen LogP) is 0.343. The van der Waals surface area contributed by atoms with Gasteiger partial charge in [-0.1, -0.05) is 11.3 Å². The molecule has 1 aromatic carbocycles. The molecule has 3 amide bonds. The number of carbonyl (C=O) groups is 3. The SMILES string of the molecule is O=C1CCC(N2Cc3c(cccc3-n3cc(CCCCO)nn3)C2=O)C(=O)N1. The molecule has 1 unspecified atom stereocenters. The molecule has 2 aromatic rings. The third-order valence-corrected chi connectivity index (χ3v) is 5.19. The number of hydrogen-bond acceptors (Lipinski definition) is 6. The summed E-state index contributed by atoms with van der Waals surface area (Å²) >= 11 is 0. The number of aromatic nitrogens is 3. The number of amides is 3. The van der Waals surface area contributed by atoms with Crippen molar-refractivity contribution in [2.24, 2.45) is 0 Å². The fourth-order valence-electron chi connectivity index (χ4n) is 3.73. The highest BCUT2D eigenvalue weighted by Crippen LogP contribution is 2.31. The number of nitrogens with zero attached hydrogens (tertiary/aromatic N) is 4. The van der Waals surface area contributed by atoms with Gasteiger partial charge in [0.1, 0.15) is 6.04 Å². The van der Waals surface area contributed by atoms with Gasteiger partial charge in [-0.2, -0.15) is 0 Å². The van der Waals surface area contributed by atoms with Crippen molar-refractivity contribution >= 4 is 17.7 Å². The fourth-order valence-corrected chi connectivity index (χ4v) is 3.73. The number of unbranched alkanes of at least 4 members (excludes halogenated alkanes) is 1. The van der Waals surface area contributed by atoms with Gasteiger partial charge in [0.25, 0.3) is 5.91 Å². The van der Waals surface area contributed by atoms with E-state index in [4.69, 9.17) is 5.11 Å². The number of nitrogens with one attached hydrogen (secondary N) is 1. The molecule has 2 N–H and O–H groups in total. The standard InChI is InChI=1S/C19H21N5O4/c25-9-2-1-4-12-10-24(22-21-12)15-6-3-5-13-14(15)11-23(19(13)28)16-7-8-17(26)20-18(16)27/h3,5-6,10,16,25H,1-2,4,7-9,11H2,(H,20,26,27). The van der Waals surface area contributed by atoms with Crippen molar-refractivity contribution in [3.05, 3.63) is 41.2 Å². The van der Waals surface area contributed by atoms with Crippen molar-refractivity contribution < 1.29 is 19.5 Å². The van der Waals surface area contributed by atoms with Crippen LogP contribution in [0.15, 0.2) is 24.4 Å². The van der Waals surface area contributed by atoms with Crippen LogP contribution in [0, 0.1) is 0 Å². The molecule has 2 aliphatic rings. The highest BCUT2D eigenvalue weighted by atomic mass is 16.3. The van der Waals surface area contributed by atoms with Gasteiger partial charge in [0.05, 0.1) is 17.6 Å². The highest BCUT2D eigenvalue weighted by molar-refractivity contribution is 6.05. The second-order valence-corrected chi connectivity index (χ2v) is 7.04. The summed E-state index contributed by atoms with van der Waals surface area (Å²) in [4.78, 5) is 38.0. The van der Waals surface area contributed by atoms with Crippen LogP contribution in [0.5, 0.6) is 0 Å². The Hall–Kier alpha value is -3.07. The lowest BCUT2D eigenvalue weighted by molar-refractivity contribution is -0.136. The topological polar surface area (TPSA) is 117 Å². The molecule has 2 aliphatic heterocycles. The van der Waals surface area contributed by atoms with Gasteiger partial charge < -0.3 is 10.0 Å². The molecule has 0 spiro atoms. The van der Waals surface area contributed by atoms with Crippen molar-refractivity contribution in [1.29, 1.82) is 0 Å². The average molecular weight is 383 g/mol.